The van der Waals surface area contributed by atoms with E-state index in [0.717, 1.165) is 43.0 Å². The number of carbonyl (C=O) groups excluding carboxylic acids is 1. The first kappa shape index (κ1) is 18.8. The number of nitrogens with zero attached hydrogens (tertiary/aromatic N) is 1. The summed E-state index contributed by atoms with van der Waals surface area (Å²) in [5, 5.41) is 2.99. The van der Waals surface area contributed by atoms with Crippen LogP contribution in [-0.4, -0.2) is 43.3 Å². The van der Waals surface area contributed by atoms with Gasteiger partial charge in [0, 0.05) is 19.6 Å². The van der Waals surface area contributed by atoms with Crippen LogP contribution in [0.4, 0.5) is 0 Å². The lowest BCUT2D eigenvalue weighted by Crippen LogP contribution is -2.43. The highest BCUT2D eigenvalue weighted by atomic mass is 16.7. The van der Waals surface area contributed by atoms with E-state index in [4.69, 9.17) is 14.2 Å². The lowest BCUT2D eigenvalue weighted by atomic mass is 10.1. The zero-order valence-corrected chi connectivity index (χ0v) is 15.9. The van der Waals surface area contributed by atoms with Gasteiger partial charge in [0.05, 0.1) is 19.3 Å². The molecular formula is C22H26N2O4. The Morgan fingerprint density at radius 1 is 1.04 bits per heavy atom. The number of piperidine rings is 1. The summed E-state index contributed by atoms with van der Waals surface area (Å²) in [5.74, 6) is 1.54. The molecule has 6 nitrogen and oxygen atoms in total. The third kappa shape index (κ3) is 5.03. The minimum atomic E-state index is 0.0429. The lowest BCUT2D eigenvalue weighted by molar-refractivity contribution is -0.123. The molecule has 2 aromatic carbocycles. The second kappa shape index (κ2) is 9.08. The largest absolute Gasteiger partial charge is 0.454 e. The molecular weight excluding hydrogens is 356 g/mol. The van der Waals surface area contributed by atoms with Gasteiger partial charge in [0.15, 0.2) is 11.5 Å². The monoisotopic (exact) mass is 382 g/mol. The molecule has 1 N–H and O–H groups in total. The van der Waals surface area contributed by atoms with E-state index in [9.17, 15) is 4.79 Å². The third-order valence-corrected chi connectivity index (χ3v) is 5.16. The molecule has 148 valence electrons. The summed E-state index contributed by atoms with van der Waals surface area (Å²) in [7, 11) is 0. The quantitative estimate of drug-likeness (QED) is 0.798. The summed E-state index contributed by atoms with van der Waals surface area (Å²) < 4.78 is 16.7. The Morgan fingerprint density at radius 2 is 1.82 bits per heavy atom. The predicted octanol–water partition coefficient (Wildman–Crippen LogP) is 2.71. The molecule has 0 saturated carbocycles. The number of benzene rings is 2. The average Bonchev–Trinajstić information content (AvgIpc) is 3.20. The minimum absolute atomic E-state index is 0.0429. The van der Waals surface area contributed by atoms with E-state index in [-0.39, 0.29) is 18.8 Å². The number of fused-ring (bicyclic) bond motifs is 1. The van der Waals surface area contributed by atoms with Gasteiger partial charge in [-0.3, -0.25) is 9.69 Å². The minimum Gasteiger partial charge on any atom is -0.454 e. The Morgan fingerprint density at radius 3 is 2.64 bits per heavy atom. The van der Waals surface area contributed by atoms with Crippen molar-refractivity contribution in [2.24, 2.45) is 0 Å². The summed E-state index contributed by atoms with van der Waals surface area (Å²) in [6.07, 6.45) is 2.19. The second-order valence-corrected chi connectivity index (χ2v) is 7.24. The van der Waals surface area contributed by atoms with Crippen LogP contribution in [0.1, 0.15) is 24.0 Å². The van der Waals surface area contributed by atoms with Crippen molar-refractivity contribution in [2.45, 2.75) is 32.1 Å². The summed E-state index contributed by atoms with van der Waals surface area (Å²) >= 11 is 0. The molecule has 0 unspecified atom stereocenters. The first-order valence-corrected chi connectivity index (χ1v) is 9.79. The molecule has 6 heteroatoms. The van der Waals surface area contributed by atoms with Gasteiger partial charge >= 0.3 is 0 Å². The van der Waals surface area contributed by atoms with Crippen LogP contribution in [0.15, 0.2) is 48.5 Å². The highest BCUT2D eigenvalue weighted by Gasteiger charge is 2.21. The molecule has 28 heavy (non-hydrogen) atoms. The zero-order chi connectivity index (χ0) is 19.2. The first-order chi connectivity index (χ1) is 13.8. The second-order valence-electron chi connectivity index (χ2n) is 7.24. The van der Waals surface area contributed by atoms with Crippen LogP contribution in [0.3, 0.4) is 0 Å². The highest BCUT2D eigenvalue weighted by Crippen LogP contribution is 2.32. The van der Waals surface area contributed by atoms with Crippen molar-refractivity contribution in [3.63, 3.8) is 0 Å². The molecule has 4 rings (SSSR count). The van der Waals surface area contributed by atoms with Gasteiger partial charge in [0.25, 0.3) is 0 Å². The van der Waals surface area contributed by atoms with E-state index in [1.807, 2.05) is 36.4 Å². The molecule has 1 fully saturated rings. The molecule has 1 saturated heterocycles. The van der Waals surface area contributed by atoms with Gasteiger partial charge in [0.2, 0.25) is 12.7 Å². The summed E-state index contributed by atoms with van der Waals surface area (Å²) in [6, 6.07) is 16.0. The van der Waals surface area contributed by atoms with E-state index in [1.54, 1.807) is 0 Å². The number of carbonyl (C=O) groups is 1. The summed E-state index contributed by atoms with van der Waals surface area (Å²) in [6.45, 7) is 3.60. The molecule has 0 spiro atoms. The van der Waals surface area contributed by atoms with Crippen molar-refractivity contribution >= 4 is 5.91 Å². The zero-order valence-electron chi connectivity index (χ0n) is 15.9. The topological polar surface area (TPSA) is 60.0 Å². The number of hydrogen-bond acceptors (Lipinski definition) is 5. The fourth-order valence-electron chi connectivity index (χ4n) is 3.53. The van der Waals surface area contributed by atoms with Crippen molar-refractivity contribution < 1.29 is 19.0 Å². The van der Waals surface area contributed by atoms with Crippen LogP contribution in [0.5, 0.6) is 11.5 Å². The van der Waals surface area contributed by atoms with Crippen LogP contribution < -0.4 is 14.8 Å². The van der Waals surface area contributed by atoms with Gasteiger partial charge in [0.1, 0.15) is 0 Å². The van der Waals surface area contributed by atoms with E-state index in [2.05, 4.69) is 22.3 Å². The van der Waals surface area contributed by atoms with Crippen LogP contribution in [0.25, 0.3) is 0 Å². The van der Waals surface area contributed by atoms with Gasteiger partial charge in [-0.1, -0.05) is 36.4 Å². The Bertz CT molecular complexity index is 788. The average molecular weight is 382 g/mol. The third-order valence-electron chi connectivity index (χ3n) is 5.16. The SMILES string of the molecule is O=C(CN1CCC(OCc2ccccc2)CC1)NCc1ccc2c(c1)OCO2. The molecule has 2 aromatic rings. The predicted molar refractivity (Wildman–Crippen MR) is 105 cm³/mol. The summed E-state index contributed by atoms with van der Waals surface area (Å²) in [4.78, 5) is 14.5. The molecule has 0 radical (unpaired) electrons. The number of ether oxygens (including phenoxy) is 3. The molecule has 2 aliphatic rings. The molecule has 2 aliphatic heterocycles. The maximum atomic E-state index is 12.3. The van der Waals surface area contributed by atoms with Gasteiger partial charge in [-0.15, -0.1) is 0 Å². The normalized spacial score (nSPS) is 16.9. The number of likely N-dealkylation sites (tertiary alicyclic amines) is 1. The Hall–Kier alpha value is -2.57. The fourth-order valence-corrected chi connectivity index (χ4v) is 3.53. The van der Waals surface area contributed by atoms with Crippen LogP contribution in [-0.2, 0) is 22.7 Å². The molecule has 0 aromatic heterocycles. The highest BCUT2D eigenvalue weighted by molar-refractivity contribution is 5.78. The van der Waals surface area contributed by atoms with E-state index >= 15 is 0 Å². The van der Waals surface area contributed by atoms with Gasteiger partial charge in [-0.25, -0.2) is 0 Å². The van der Waals surface area contributed by atoms with E-state index in [0.29, 0.717) is 19.7 Å². The van der Waals surface area contributed by atoms with Gasteiger partial charge in [-0.2, -0.15) is 0 Å². The summed E-state index contributed by atoms with van der Waals surface area (Å²) in [5.41, 5.74) is 2.21. The van der Waals surface area contributed by atoms with Crippen LogP contribution in [0.2, 0.25) is 0 Å². The standard InChI is InChI=1S/C22H26N2O4/c25-22(23-13-18-6-7-20-21(12-18)28-16-27-20)14-24-10-8-19(9-11-24)26-15-17-4-2-1-3-5-17/h1-7,12,19H,8-11,13-16H2,(H,23,25). The van der Waals surface area contributed by atoms with Crippen molar-refractivity contribution in [3.8, 4) is 11.5 Å². The molecule has 0 bridgehead atoms. The number of hydrogen-bond donors (Lipinski definition) is 1. The molecule has 0 atom stereocenters. The fraction of sp³-hybridized carbons (Fsp3) is 0.409. The maximum absolute atomic E-state index is 12.3. The van der Waals surface area contributed by atoms with Gasteiger partial charge in [-0.05, 0) is 36.1 Å². The maximum Gasteiger partial charge on any atom is 0.234 e. The van der Waals surface area contributed by atoms with Crippen LogP contribution >= 0.6 is 0 Å². The van der Waals surface area contributed by atoms with Crippen molar-refractivity contribution in [2.75, 3.05) is 26.4 Å². The van der Waals surface area contributed by atoms with Crippen LogP contribution in [0, 0.1) is 0 Å². The number of amides is 1. The van der Waals surface area contributed by atoms with E-state index < -0.39 is 0 Å². The Balaban J connectivity index is 1.15. The smallest absolute Gasteiger partial charge is 0.234 e. The Kier molecular flexibility index (Phi) is 6.09. The van der Waals surface area contributed by atoms with Gasteiger partial charge < -0.3 is 19.5 Å². The Labute approximate surface area is 165 Å². The lowest BCUT2D eigenvalue weighted by Gasteiger charge is -2.31. The number of rotatable bonds is 7. The van der Waals surface area contributed by atoms with Crippen molar-refractivity contribution in [1.29, 1.82) is 0 Å². The number of nitrogens with one attached hydrogen (secondary N) is 1. The molecule has 0 aliphatic carbocycles. The first-order valence-electron chi connectivity index (χ1n) is 9.79. The van der Waals surface area contributed by atoms with Crippen molar-refractivity contribution in [1.82, 2.24) is 10.2 Å². The van der Waals surface area contributed by atoms with Crippen molar-refractivity contribution in [3.05, 3.63) is 59.7 Å². The molecule has 1 amide bonds. The molecule has 2 heterocycles. The van der Waals surface area contributed by atoms with E-state index in [1.165, 1.54) is 5.56 Å².